The summed E-state index contributed by atoms with van der Waals surface area (Å²) in [7, 11) is 0. The maximum absolute atomic E-state index is 2.69. The summed E-state index contributed by atoms with van der Waals surface area (Å²) in [5, 5.41) is 0. The van der Waals surface area contributed by atoms with Crippen molar-refractivity contribution in [1.82, 2.24) is 0 Å². The monoisotopic (exact) mass is 746 g/mol. The zero-order chi connectivity index (χ0) is 39.3. The molecule has 7 aromatic rings. The largest absolute Gasteiger partial charge is 0.421 e. The average Bonchev–Trinajstić information content (AvgIpc) is 3.76. The minimum Gasteiger partial charge on any atom is -0.359 e. The van der Waals surface area contributed by atoms with E-state index in [1.165, 1.54) is 123 Å². The molecule has 0 fully saturated rings. The minimum absolute atomic E-state index is 0.0415. The third kappa shape index (κ3) is 3.68. The molecule has 0 bridgehead atoms. The number of anilines is 8. The molecule has 0 amide bonds. The molecule has 0 saturated heterocycles. The summed E-state index contributed by atoms with van der Waals surface area (Å²) < 4.78 is 0. The Balaban J connectivity index is 1.15. The molecule has 0 unspecified atom stereocenters. The normalized spacial score (nSPS) is 17.0. The molecule has 13 rings (SSSR count). The van der Waals surface area contributed by atoms with Gasteiger partial charge in [0.05, 0.1) is 22.7 Å². The van der Waals surface area contributed by atoms with E-state index in [1.54, 1.807) is 0 Å². The first-order chi connectivity index (χ1) is 28.0. The van der Waals surface area contributed by atoms with Gasteiger partial charge in [0.15, 0.2) is 0 Å². The van der Waals surface area contributed by atoms with Gasteiger partial charge in [0.25, 0.3) is 0 Å². The number of hydrogen-bond donors (Lipinski definition) is 0. The van der Waals surface area contributed by atoms with Gasteiger partial charge in [0.1, 0.15) is 0 Å². The van der Waals surface area contributed by atoms with Crippen molar-refractivity contribution in [2.24, 2.45) is 0 Å². The van der Waals surface area contributed by atoms with Crippen LogP contribution in [0.4, 0.5) is 45.5 Å². The highest BCUT2D eigenvalue weighted by Gasteiger charge is 2.56. The lowest BCUT2D eigenvalue weighted by molar-refractivity contribution is 0.634. The molecule has 6 aliphatic heterocycles. The van der Waals surface area contributed by atoms with E-state index in [-0.39, 0.29) is 24.8 Å². The van der Waals surface area contributed by atoms with Gasteiger partial charge < -0.3 is 19.2 Å². The van der Waals surface area contributed by atoms with E-state index in [9.17, 15) is 0 Å². The first kappa shape index (κ1) is 32.9. The SMILES string of the molecule is Cc1cc2c(cc1C)N1B(c3cc4c(cc3-2)B2N(c3cc(C)c(C)cc3-4)c3cccc4c3N2c2ccccc2C4(C)C)N2c3ccccc3C(C)(C)c3cccc1c32. The lowest BCUT2D eigenvalue weighted by Gasteiger charge is -2.44. The molecular formula is C52H44B2N4. The van der Waals surface area contributed by atoms with Gasteiger partial charge in [-0.15, -0.1) is 0 Å². The summed E-state index contributed by atoms with van der Waals surface area (Å²) in [6, 6.07) is 47.4. The number of fused-ring (bicyclic) bond motifs is 20. The lowest BCUT2D eigenvalue weighted by atomic mass is 9.53. The van der Waals surface area contributed by atoms with Crippen LogP contribution in [0.3, 0.4) is 0 Å². The number of aryl methyl sites for hydroxylation is 4. The van der Waals surface area contributed by atoms with Crippen molar-refractivity contribution < 1.29 is 0 Å². The van der Waals surface area contributed by atoms with E-state index in [0.29, 0.717) is 0 Å². The van der Waals surface area contributed by atoms with E-state index in [2.05, 4.69) is 196 Å². The molecule has 4 nitrogen and oxygen atoms in total. The molecule has 0 aromatic heterocycles. The van der Waals surface area contributed by atoms with Crippen molar-refractivity contribution >= 4 is 70.4 Å². The standard InChI is InChI=1S/C52H44B2N4/c1-29-23-35-33-27-42-34(28-41(33)53-55(47(35)25-31(29)3)45-21-13-17-39-49(45)57(53)43-19-11-9-15-37(43)51(39,5)6)36-24-30(2)32(4)26-48(36)56-46-22-14-18-40-50(46)58(54(42)56)44-20-12-10-16-38(44)52(40,7)8/h9-28H,1-8H3. The molecule has 0 aliphatic carbocycles. The molecular weight excluding hydrogens is 702 g/mol. The Hall–Kier alpha value is -6.13. The van der Waals surface area contributed by atoms with Crippen LogP contribution in [0.2, 0.25) is 0 Å². The van der Waals surface area contributed by atoms with E-state index >= 15 is 0 Å². The summed E-state index contributed by atoms with van der Waals surface area (Å²) in [5.41, 5.74) is 29.1. The quantitative estimate of drug-likeness (QED) is 0.143. The smallest absolute Gasteiger partial charge is 0.359 e. The molecule has 6 heteroatoms. The molecule has 0 spiro atoms. The van der Waals surface area contributed by atoms with E-state index in [1.807, 2.05) is 0 Å². The summed E-state index contributed by atoms with van der Waals surface area (Å²) in [6.45, 7) is 18.6. The second-order valence-electron chi connectivity index (χ2n) is 18.8. The number of benzene rings is 7. The summed E-state index contributed by atoms with van der Waals surface area (Å²) >= 11 is 0. The highest BCUT2D eigenvalue weighted by Crippen LogP contribution is 2.62. The highest BCUT2D eigenvalue weighted by molar-refractivity contribution is 6.89. The van der Waals surface area contributed by atoms with Gasteiger partial charge in [0, 0.05) is 44.7 Å². The molecule has 58 heavy (non-hydrogen) atoms. The van der Waals surface area contributed by atoms with Crippen LogP contribution in [0, 0.1) is 27.7 Å². The van der Waals surface area contributed by atoms with Crippen molar-refractivity contribution in [2.75, 3.05) is 19.2 Å². The van der Waals surface area contributed by atoms with Crippen molar-refractivity contribution in [2.45, 2.75) is 66.2 Å². The van der Waals surface area contributed by atoms with E-state index in [4.69, 9.17) is 0 Å². The molecule has 6 aliphatic rings. The maximum Gasteiger partial charge on any atom is 0.421 e. The number of para-hydroxylation sites is 4. The molecule has 0 N–H and O–H groups in total. The topological polar surface area (TPSA) is 13.0 Å². The molecule has 278 valence electrons. The molecule has 0 saturated carbocycles. The van der Waals surface area contributed by atoms with E-state index < -0.39 is 0 Å². The lowest BCUT2D eigenvalue weighted by Crippen LogP contribution is -2.60. The van der Waals surface area contributed by atoms with Crippen LogP contribution < -0.4 is 30.2 Å². The van der Waals surface area contributed by atoms with Gasteiger partial charge in [-0.05, 0) is 143 Å². The molecule has 0 radical (unpaired) electrons. The number of rotatable bonds is 0. The predicted molar refractivity (Wildman–Crippen MR) is 246 cm³/mol. The highest BCUT2D eigenvalue weighted by atomic mass is 15.3. The first-order valence-corrected chi connectivity index (χ1v) is 21.0. The number of hydrogen-bond acceptors (Lipinski definition) is 4. The molecule has 0 atom stereocenters. The molecule has 7 aromatic carbocycles. The zero-order valence-electron chi connectivity index (χ0n) is 34.5. The van der Waals surface area contributed by atoms with Crippen LogP contribution in [0.1, 0.15) is 72.2 Å². The third-order valence-corrected chi connectivity index (χ3v) is 15.1. The van der Waals surface area contributed by atoms with Crippen LogP contribution in [-0.4, -0.2) is 14.0 Å². The predicted octanol–water partition coefficient (Wildman–Crippen LogP) is 11.5. The zero-order valence-corrected chi connectivity index (χ0v) is 34.5. The second kappa shape index (κ2) is 10.5. The second-order valence-corrected chi connectivity index (χ2v) is 18.8. The fourth-order valence-electron chi connectivity index (χ4n) is 12.0. The van der Waals surface area contributed by atoms with Gasteiger partial charge in [-0.3, -0.25) is 0 Å². The summed E-state index contributed by atoms with van der Waals surface area (Å²) in [5.74, 6) is 0. The Morgan fingerprint density at radius 3 is 1.14 bits per heavy atom. The van der Waals surface area contributed by atoms with Crippen molar-refractivity contribution in [3.8, 4) is 22.3 Å². The van der Waals surface area contributed by atoms with Gasteiger partial charge >= 0.3 is 14.0 Å². The number of nitrogens with zero attached hydrogens (tertiary/aromatic N) is 4. The Morgan fingerprint density at radius 1 is 0.345 bits per heavy atom. The fraction of sp³-hybridized carbons (Fsp3) is 0.192. The van der Waals surface area contributed by atoms with Crippen LogP contribution in [-0.2, 0) is 10.8 Å². The summed E-state index contributed by atoms with van der Waals surface area (Å²) in [4.78, 5) is 10.7. The van der Waals surface area contributed by atoms with Crippen molar-refractivity contribution in [1.29, 1.82) is 0 Å². The average molecular weight is 747 g/mol. The van der Waals surface area contributed by atoms with Crippen LogP contribution in [0.25, 0.3) is 22.3 Å². The van der Waals surface area contributed by atoms with Crippen LogP contribution in [0.5, 0.6) is 0 Å². The fourth-order valence-corrected chi connectivity index (χ4v) is 12.0. The van der Waals surface area contributed by atoms with Gasteiger partial charge in [-0.25, -0.2) is 0 Å². The minimum atomic E-state index is -0.134. The van der Waals surface area contributed by atoms with Gasteiger partial charge in [-0.2, -0.15) is 0 Å². The third-order valence-electron chi connectivity index (χ3n) is 15.1. The Bertz CT molecular complexity index is 2860. The summed E-state index contributed by atoms with van der Waals surface area (Å²) in [6.07, 6.45) is 0. The van der Waals surface area contributed by atoms with Crippen molar-refractivity contribution in [3.05, 3.63) is 166 Å². The maximum atomic E-state index is 2.69. The Kier molecular flexibility index (Phi) is 5.95. The van der Waals surface area contributed by atoms with Crippen LogP contribution >= 0.6 is 0 Å². The first-order valence-electron chi connectivity index (χ1n) is 21.0. The Labute approximate surface area is 342 Å². The Morgan fingerprint density at radius 2 is 0.707 bits per heavy atom. The van der Waals surface area contributed by atoms with Gasteiger partial charge in [0.2, 0.25) is 0 Å². The molecule has 6 heterocycles. The van der Waals surface area contributed by atoms with E-state index in [0.717, 1.165) is 0 Å². The van der Waals surface area contributed by atoms with Crippen LogP contribution in [0.15, 0.2) is 121 Å². The van der Waals surface area contributed by atoms with Gasteiger partial charge in [-0.1, -0.05) is 100 Å². The van der Waals surface area contributed by atoms with Crippen molar-refractivity contribution in [3.63, 3.8) is 0 Å².